The minimum absolute atomic E-state index is 0.0876. The number of urea groups is 1. The van der Waals surface area contributed by atoms with Crippen molar-refractivity contribution >= 4 is 12.0 Å². The van der Waals surface area contributed by atoms with Crippen LogP contribution in [0, 0.1) is 10.8 Å². The summed E-state index contributed by atoms with van der Waals surface area (Å²) in [7, 11) is 2.10. The second-order valence-corrected chi connectivity index (χ2v) is 7.58. The molecule has 1 aliphatic rings. The van der Waals surface area contributed by atoms with Crippen molar-refractivity contribution < 1.29 is 14.7 Å². The highest BCUT2D eigenvalue weighted by Gasteiger charge is 2.33. The third-order valence-corrected chi connectivity index (χ3v) is 4.26. The maximum absolute atomic E-state index is 12.0. The van der Waals surface area contributed by atoms with E-state index in [4.69, 9.17) is 0 Å². The highest BCUT2D eigenvalue weighted by atomic mass is 16.4. The van der Waals surface area contributed by atoms with Crippen LogP contribution in [0.4, 0.5) is 4.79 Å². The van der Waals surface area contributed by atoms with Gasteiger partial charge in [0, 0.05) is 6.54 Å². The fourth-order valence-corrected chi connectivity index (χ4v) is 2.46. The lowest BCUT2D eigenvalue weighted by Crippen LogP contribution is -2.54. The Kier molecular flexibility index (Phi) is 5.61. The summed E-state index contributed by atoms with van der Waals surface area (Å²) in [6.07, 6.45) is 2.07. The molecular weight excluding hydrogens is 270 g/mol. The fourth-order valence-electron chi connectivity index (χ4n) is 2.46. The lowest BCUT2D eigenvalue weighted by atomic mass is 9.80. The number of hydrogen-bond acceptors (Lipinski definition) is 3. The van der Waals surface area contributed by atoms with Gasteiger partial charge in [0.15, 0.2) is 0 Å². The molecule has 6 heteroatoms. The van der Waals surface area contributed by atoms with Crippen LogP contribution in [0.25, 0.3) is 0 Å². The van der Waals surface area contributed by atoms with Gasteiger partial charge in [-0.3, -0.25) is 0 Å². The molecule has 1 heterocycles. The number of nitrogens with one attached hydrogen (secondary N) is 2. The summed E-state index contributed by atoms with van der Waals surface area (Å²) in [5, 5.41) is 14.6. The first-order valence-corrected chi connectivity index (χ1v) is 7.49. The van der Waals surface area contributed by atoms with E-state index < -0.39 is 23.5 Å². The smallest absolute Gasteiger partial charge is 0.326 e. The largest absolute Gasteiger partial charge is 0.480 e. The maximum Gasteiger partial charge on any atom is 0.326 e. The van der Waals surface area contributed by atoms with Crippen molar-refractivity contribution in [1.29, 1.82) is 0 Å². The van der Waals surface area contributed by atoms with Crippen LogP contribution in [0.3, 0.4) is 0 Å². The van der Waals surface area contributed by atoms with Crippen LogP contribution in [0.5, 0.6) is 0 Å². The van der Waals surface area contributed by atoms with Gasteiger partial charge in [-0.1, -0.05) is 27.7 Å². The molecule has 1 rings (SSSR count). The summed E-state index contributed by atoms with van der Waals surface area (Å²) < 4.78 is 0. The molecular formula is C15H29N3O3. The highest BCUT2D eigenvalue weighted by Crippen LogP contribution is 2.29. The third-order valence-electron chi connectivity index (χ3n) is 4.26. The molecule has 0 radical (unpaired) electrons. The van der Waals surface area contributed by atoms with Crippen LogP contribution >= 0.6 is 0 Å². The number of nitrogens with zero attached hydrogens (tertiary/aromatic N) is 1. The van der Waals surface area contributed by atoms with E-state index in [1.54, 1.807) is 20.8 Å². The Morgan fingerprint density at radius 3 is 2.24 bits per heavy atom. The number of carboxylic acids is 1. The van der Waals surface area contributed by atoms with Crippen molar-refractivity contribution in [3.63, 3.8) is 0 Å². The molecule has 3 N–H and O–H groups in total. The van der Waals surface area contributed by atoms with Gasteiger partial charge in [-0.15, -0.1) is 0 Å². The second kappa shape index (κ2) is 6.64. The number of amides is 2. The van der Waals surface area contributed by atoms with Gasteiger partial charge < -0.3 is 20.6 Å². The molecule has 0 saturated carbocycles. The van der Waals surface area contributed by atoms with Crippen molar-refractivity contribution in [3.05, 3.63) is 0 Å². The first kappa shape index (κ1) is 17.8. The van der Waals surface area contributed by atoms with E-state index >= 15 is 0 Å². The molecule has 0 aliphatic carbocycles. The zero-order valence-electron chi connectivity index (χ0n) is 13.8. The highest BCUT2D eigenvalue weighted by molar-refractivity contribution is 5.83. The Bertz CT molecular complexity index is 382. The molecule has 6 nitrogen and oxygen atoms in total. The summed E-state index contributed by atoms with van der Waals surface area (Å²) in [6.45, 7) is 10.2. The third kappa shape index (κ3) is 5.53. The molecule has 0 spiro atoms. The van der Waals surface area contributed by atoms with Crippen LogP contribution in [0.2, 0.25) is 0 Å². The molecule has 1 unspecified atom stereocenters. The molecule has 1 atom stereocenters. The molecule has 21 heavy (non-hydrogen) atoms. The van der Waals surface area contributed by atoms with E-state index in [9.17, 15) is 14.7 Å². The SMILES string of the molecule is CN1CCC(C)(CNC(=O)NC(C(=O)O)C(C)(C)C)CC1. The van der Waals surface area contributed by atoms with E-state index in [0.29, 0.717) is 6.54 Å². The molecule has 0 bridgehead atoms. The average molecular weight is 299 g/mol. The van der Waals surface area contributed by atoms with E-state index in [2.05, 4.69) is 29.5 Å². The number of likely N-dealkylation sites (tertiary alicyclic amines) is 1. The lowest BCUT2D eigenvalue weighted by molar-refractivity contribution is -0.141. The van der Waals surface area contributed by atoms with Gasteiger partial charge in [0.2, 0.25) is 0 Å². The summed E-state index contributed by atoms with van der Waals surface area (Å²) in [4.78, 5) is 25.5. The van der Waals surface area contributed by atoms with E-state index in [1.165, 1.54) is 0 Å². The molecule has 0 aromatic carbocycles. The quantitative estimate of drug-likeness (QED) is 0.735. The Morgan fingerprint density at radius 2 is 1.81 bits per heavy atom. The van der Waals surface area contributed by atoms with Crippen molar-refractivity contribution in [2.24, 2.45) is 10.8 Å². The zero-order valence-corrected chi connectivity index (χ0v) is 13.8. The van der Waals surface area contributed by atoms with E-state index in [-0.39, 0.29) is 5.41 Å². The topological polar surface area (TPSA) is 81.7 Å². The van der Waals surface area contributed by atoms with Gasteiger partial charge in [0.25, 0.3) is 0 Å². The first-order chi connectivity index (χ1) is 9.53. The number of carbonyl (C=O) groups is 2. The number of hydrogen-bond donors (Lipinski definition) is 3. The van der Waals surface area contributed by atoms with E-state index in [0.717, 1.165) is 25.9 Å². The van der Waals surface area contributed by atoms with Crippen LogP contribution in [0.1, 0.15) is 40.5 Å². The number of piperidine rings is 1. The lowest BCUT2D eigenvalue weighted by Gasteiger charge is -2.38. The van der Waals surface area contributed by atoms with Gasteiger partial charge in [-0.05, 0) is 43.8 Å². The predicted octanol–water partition coefficient (Wildman–Crippen LogP) is 1.52. The van der Waals surface area contributed by atoms with Gasteiger partial charge in [0.05, 0.1) is 0 Å². The zero-order chi connectivity index (χ0) is 16.3. The molecule has 122 valence electrons. The minimum Gasteiger partial charge on any atom is -0.480 e. The second-order valence-electron chi connectivity index (χ2n) is 7.58. The minimum atomic E-state index is -1.01. The average Bonchev–Trinajstić information content (AvgIpc) is 2.36. The van der Waals surface area contributed by atoms with Gasteiger partial charge in [-0.2, -0.15) is 0 Å². The van der Waals surface area contributed by atoms with Crippen LogP contribution < -0.4 is 10.6 Å². The number of rotatable bonds is 4. The van der Waals surface area contributed by atoms with Crippen LogP contribution in [-0.4, -0.2) is 54.7 Å². The van der Waals surface area contributed by atoms with Gasteiger partial charge in [0.1, 0.15) is 6.04 Å². The molecule has 1 fully saturated rings. The van der Waals surface area contributed by atoms with Crippen molar-refractivity contribution in [3.8, 4) is 0 Å². The summed E-state index contributed by atoms with van der Waals surface area (Å²) in [5.41, 5.74) is -0.440. The van der Waals surface area contributed by atoms with Gasteiger partial charge >= 0.3 is 12.0 Å². The Morgan fingerprint density at radius 1 is 1.29 bits per heavy atom. The number of carboxylic acid groups (broad SMARTS) is 1. The van der Waals surface area contributed by atoms with Crippen molar-refractivity contribution in [1.82, 2.24) is 15.5 Å². The predicted molar refractivity (Wildman–Crippen MR) is 82.3 cm³/mol. The Hall–Kier alpha value is -1.30. The fraction of sp³-hybridized carbons (Fsp3) is 0.867. The summed E-state index contributed by atoms with van der Waals surface area (Å²) in [6, 6.07) is -1.31. The summed E-state index contributed by atoms with van der Waals surface area (Å²) in [5.74, 6) is -1.01. The molecule has 0 aromatic rings. The Balaban J connectivity index is 2.48. The molecule has 1 aliphatic heterocycles. The van der Waals surface area contributed by atoms with Crippen molar-refractivity contribution in [2.75, 3.05) is 26.7 Å². The standard InChI is InChI=1S/C15H29N3O3/c1-14(2,3)11(12(19)20)17-13(21)16-10-15(4)6-8-18(5)9-7-15/h11H,6-10H2,1-5H3,(H,19,20)(H2,16,17,21). The maximum atomic E-state index is 12.0. The Labute approximate surface area is 127 Å². The molecule has 2 amide bonds. The van der Waals surface area contributed by atoms with Gasteiger partial charge in [-0.25, -0.2) is 9.59 Å². The van der Waals surface area contributed by atoms with Crippen LogP contribution in [-0.2, 0) is 4.79 Å². The monoisotopic (exact) mass is 299 g/mol. The van der Waals surface area contributed by atoms with Crippen molar-refractivity contribution in [2.45, 2.75) is 46.6 Å². The van der Waals surface area contributed by atoms with Crippen LogP contribution in [0.15, 0.2) is 0 Å². The number of aliphatic carboxylic acids is 1. The van der Waals surface area contributed by atoms with E-state index in [1.807, 2.05) is 0 Å². The normalized spacial score (nSPS) is 20.6. The molecule has 1 saturated heterocycles. The number of carbonyl (C=O) groups excluding carboxylic acids is 1. The molecule has 0 aromatic heterocycles. The summed E-state index contributed by atoms with van der Waals surface area (Å²) >= 11 is 0. The first-order valence-electron chi connectivity index (χ1n) is 7.49.